The van der Waals surface area contributed by atoms with Crippen LogP contribution in [-0.4, -0.2) is 19.1 Å². The predicted octanol–water partition coefficient (Wildman–Crippen LogP) is 2.71. The van der Waals surface area contributed by atoms with Gasteiger partial charge in [-0.2, -0.15) is 0 Å². The molecule has 0 fully saturated rings. The topological polar surface area (TPSA) is 52.3 Å². The number of ether oxygens (including phenoxy) is 1. The monoisotopic (exact) mass is 269 g/mol. The van der Waals surface area contributed by atoms with Gasteiger partial charge in [-0.05, 0) is 17.5 Å². The molecule has 0 unspecified atom stereocenters. The van der Waals surface area contributed by atoms with E-state index in [2.05, 4.69) is 24.3 Å². The molecule has 104 valence electrons. The molecular formula is C17H19NO2. The summed E-state index contributed by atoms with van der Waals surface area (Å²) in [4.78, 5) is 10.7. The fourth-order valence-electron chi connectivity index (χ4n) is 2.27. The minimum absolute atomic E-state index is 0.0176. The number of rotatable bonds is 7. The molecule has 0 atom stereocenters. The summed E-state index contributed by atoms with van der Waals surface area (Å²) in [6, 6.07) is 20.6. The van der Waals surface area contributed by atoms with Gasteiger partial charge in [0.25, 0.3) is 0 Å². The molecule has 3 nitrogen and oxygen atoms in total. The predicted molar refractivity (Wildman–Crippen MR) is 79.4 cm³/mol. The Bertz CT molecular complexity index is 486. The van der Waals surface area contributed by atoms with Crippen LogP contribution in [0.25, 0.3) is 0 Å². The lowest BCUT2D eigenvalue weighted by molar-refractivity contribution is -0.122. The van der Waals surface area contributed by atoms with Crippen molar-refractivity contribution >= 4 is 5.91 Å². The highest BCUT2D eigenvalue weighted by molar-refractivity contribution is 5.74. The third-order valence-corrected chi connectivity index (χ3v) is 3.20. The van der Waals surface area contributed by atoms with Crippen LogP contribution in [0.5, 0.6) is 0 Å². The summed E-state index contributed by atoms with van der Waals surface area (Å²) in [7, 11) is 0. The Morgan fingerprint density at radius 2 is 1.45 bits per heavy atom. The zero-order valence-electron chi connectivity index (χ0n) is 11.4. The Morgan fingerprint density at radius 1 is 0.950 bits per heavy atom. The van der Waals surface area contributed by atoms with Gasteiger partial charge in [0, 0.05) is 12.5 Å². The van der Waals surface area contributed by atoms with E-state index in [4.69, 9.17) is 10.5 Å². The van der Waals surface area contributed by atoms with Crippen LogP contribution in [-0.2, 0) is 9.53 Å². The minimum atomic E-state index is -0.430. The van der Waals surface area contributed by atoms with E-state index in [0.717, 1.165) is 6.42 Å². The molecule has 0 aliphatic carbocycles. The van der Waals surface area contributed by atoms with Crippen molar-refractivity contribution in [3.8, 4) is 0 Å². The average Bonchev–Trinajstić information content (AvgIpc) is 2.49. The minimum Gasteiger partial charge on any atom is -0.372 e. The van der Waals surface area contributed by atoms with E-state index in [1.165, 1.54) is 11.1 Å². The fourth-order valence-corrected chi connectivity index (χ4v) is 2.27. The number of primary amides is 1. The van der Waals surface area contributed by atoms with Crippen molar-refractivity contribution in [2.75, 3.05) is 13.2 Å². The van der Waals surface area contributed by atoms with Gasteiger partial charge in [0.1, 0.15) is 6.61 Å². The number of hydrogen-bond donors (Lipinski definition) is 1. The molecule has 0 saturated carbocycles. The summed E-state index contributed by atoms with van der Waals surface area (Å²) in [5.74, 6) is -0.161. The summed E-state index contributed by atoms with van der Waals surface area (Å²) in [6.45, 7) is 0.494. The van der Waals surface area contributed by atoms with E-state index in [-0.39, 0.29) is 12.5 Å². The number of carbonyl (C=O) groups is 1. The lowest BCUT2D eigenvalue weighted by atomic mass is 9.89. The second-order valence-electron chi connectivity index (χ2n) is 4.68. The highest BCUT2D eigenvalue weighted by Crippen LogP contribution is 2.27. The zero-order chi connectivity index (χ0) is 14.2. The first-order valence-electron chi connectivity index (χ1n) is 6.73. The molecule has 0 aromatic heterocycles. The van der Waals surface area contributed by atoms with Gasteiger partial charge in [-0.25, -0.2) is 0 Å². The molecule has 3 heteroatoms. The van der Waals surface area contributed by atoms with E-state index >= 15 is 0 Å². The van der Waals surface area contributed by atoms with Crippen LogP contribution in [0.4, 0.5) is 0 Å². The molecule has 1 amide bonds. The Balaban J connectivity index is 2.07. The zero-order valence-corrected chi connectivity index (χ0v) is 11.4. The van der Waals surface area contributed by atoms with Gasteiger partial charge in [-0.3, -0.25) is 4.79 Å². The second-order valence-corrected chi connectivity index (χ2v) is 4.68. The lowest BCUT2D eigenvalue weighted by Crippen LogP contribution is -2.19. The SMILES string of the molecule is NC(=O)COCCC(c1ccccc1)c1ccccc1. The van der Waals surface area contributed by atoms with E-state index < -0.39 is 5.91 Å². The summed E-state index contributed by atoms with van der Waals surface area (Å²) in [5.41, 5.74) is 7.57. The number of carbonyl (C=O) groups excluding carboxylic acids is 1. The largest absolute Gasteiger partial charge is 0.372 e. The Kier molecular flexibility index (Phi) is 5.33. The average molecular weight is 269 g/mol. The molecule has 0 aliphatic heterocycles. The standard InChI is InChI=1S/C17H19NO2/c18-17(19)13-20-12-11-16(14-7-3-1-4-8-14)15-9-5-2-6-10-15/h1-10,16H,11-13H2,(H2,18,19). The van der Waals surface area contributed by atoms with Crippen LogP contribution in [0.2, 0.25) is 0 Å². The maximum Gasteiger partial charge on any atom is 0.243 e. The highest BCUT2D eigenvalue weighted by Gasteiger charge is 2.13. The first-order chi connectivity index (χ1) is 9.77. The van der Waals surface area contributed by atoms with Crippen LogP contribution in [0.3, 0.4) is 0 Å². The molecule has 2 aromatic carbocycles. The molecular weight excluding hydrogens is 250 g/mol. The van der Waals surface area contributed by atoms with Gasteiger partial charge in [0.15, 0.2) is 0 Å². The highest BCUT2D eigenvalue weighted by atomic mass is 16.5. The van der Waals surface area contributed by atoms with E-state index in [0.29, 0.717) is 6.61 Å². The number of benzene rings is 2. The molecule has 2 N–H and O–H groups in total. The molecule has 20 heavy (non-hydrogen) atoms. The van der Waals surface area contributed by atoms with Gasteiger partial charge < -0.3 is 10.5 Å². The van der Waals surface area contributed by atoms with Crippen LogP contribution >= 0.6 is 0 Å². The Hall–Kier alpha value is -2.13. The Morgan fingerprint density at radius 3 is 1.90 bits per heavy atom. The van der Waals surface area contributed by atoms with Crippen molar-refractivity contribution in [3.63, 3.8) is 0 Å². The van der Waals surface area contributed by atoms with Gasteiger partial charge in [-0.1, -0.05) is 60.7 Å². The molecule has 0 radical (unpaired) electrons. The first-order valence-corrected chi connectivity index (χ1v) is 6.73. The van der Waals surface area contributed by atoms with Crippen LogP contribution in [0.1, 0.15) is 23.5 Å². The molecule has 0 bridgehead atoms. The number of hydrogen-bond acceptors (Lipinski definition) is 2. The maximum atomic E-state index is 10.7. The molecule has 0 aliphatic rings. The first kappa shape index (κ1) is 14.3. The lowest BCUT2D eigenvalue weighted by Gasteiger charge is -2.18. The van der Waals surface area contributed by atoms with E-state index in [9.17, 15) is 4.79 Å². The molecule has 0 heterocycles. The summed E-state index contributed by atoms with van der Waals surface area (Å²) < 4.78 is 5.29. The molecule has 0 spiro atoms. The Labute approximate surface area is 119 Å². The number of amides is 1. The van der Waals surface area contributed by atoms with Crippen molar-refractivity contribution in [1.29, 1.82) is 0 Å². The fraction of sp³-hybridized carbons (Fsp3) is 0.235. The smallest absolute Gasteiger partial charge is 0.243 e. The maximum absolute atomic E-state index is 10.7. The van der Waals surface area contributed by atoms with Crippen LogP contribution in [0, 0.1) is 0 Å². The normalized spacial score (nSPS) is 10.7. The third kappa shape index (κ3) is 4.21. The molecule has 2 aromatic rings. The summed E-state index contributed by atoms with van der Waals surface area (Å²) in [5, 5.41) is 0. The van der Waals surface area contributed by atoms with Gasteiger partial charge in [-0.15, -0.1) is 0 Å². The quantitative estimate of drug-likeness (QED) is 0.786. The van der Waals surface area contributed by atoms with E-state index in [1.807, 2.05) is 36.4 Å². The van der Waals surface area contributed by atoms with Crippen molar-refractivity contribution < 1.29 is 9.53 Å². The van der Waals surface area contributed by atoms with Gasteiger partial charge in [0.05, 0.1) is 0 Å². The second kappa shape index (κ2) is 7.46. The third-order valence-electron chi connectivity index (χ3n) is 3.20. The summed E-state index contributed by atoms with van der Waals surface area (Å²) >= 11 is 0. The van der Waals surface area contributed by atoms with Crippen molar-refractivity contribution in [3.05, 3.63) is 71.8 Å². The summed E-state index contributed by atoms with van der Waals surface area (Å²) in [6.07, 6.45) is 0.821. The van der Waals surface area contributed by atoms with Gasteiger partial charge >= 0.3 is 0 Å². The van der Waals surface area contributed by atoms with E-state index in [1.54, 1.807) is 0 Å². The number of nitrogens with two attached hydrogens (primary N) is 1. The molecule has 2 rings (SSSR count). The van der Waals surface area contributed by atoms with Crippen LogP contribution < -0.4 is 5.73 Å². The van der Waals surface area contributed by atoms with Crippen molar-refractivity contribution in [2.45, 2.75) is 12.3 Å². The van der Waals surface area contributed by atoms with Crippen molar-refractivity contribution in [1.82, 2.24) is 0 Å². The van der Waals surface area contributed by atoms with Crippen molar-refractivity contribution in [2.24, 2.45) is 5.73 Å². The van der Waals surface area contributed by atoms with Crippen LogP contribution in [0.15, 0.2) is 60.7 Å². The molecule has 0 saturated heterocycles. The van der Waals surface area contributed by atoms with Gasteiger partial charge in [0.2, 0.25) is 5.91 Å².